The Morgan fingerprint density at radius 2 is 1.97 bits per heavy atom. The van der Waals surface area contributed by atoms with Crippen molar-refractivity contribution in [3.63, 3.8) is 0 Å². The first-order chi connectivity index (χ1) is 17.8. The molecule has 0 saturated carbocycles. The van der Waals surface area contributed by atoms with Crippen LogP contribution in [0, 0.1) is 11.3 Å². The molecule has 2 aromatic heterocycles. The Kier molecular flexibility index (Phi) is 6.48. The van der Waals surface area contributed by atoms with E-state index in [0.717, 1.165) is 48.3 Å². The van der Waals surface area contributed by atoms with Gasteiger partial charge in [0.15, 0.2) is 0 Å². The normalized spacial score (nSPS) is 13.8. The van der Waals surface area contributed by atoms with Crippen LogP contribution in [-0.2, 0) is 19.0 Å². The largest absolute Gasteiger partial charge is 0.497 e. The number of nitriles is 1. The number of methoxy groups -OCH3 is 1. The van der Waals surface area contributed by atoms with E-state index in [1.165, 1.54) is 30.6 Å². The maximum absolute atomic E-state index is 13.3. The number of amides is 1. The molecule has 4 aromatic rings. The molecular weight excluding hydrogens is 503 g/mol. The molecule has 0 bridgehead atoms. The van der Waals surface area contributed by atoms with Crippen molar-refractivity contribution in [2.75, 3.05) is 12.4 Å². The Hall–Kier alpha value is -4.10. The minimum absolute atomic E-state index is 0.00780. The van der Waals surface area contributed by atoms with Gasteiger partial charge in [0, 0.05) is 16.0 Å². The van der Waals surface area contributed by atoms with Crippen LogP contribution >= 0.6 is 11.3 Å². The second-order valence-electron chi connectivity index (χ2n) is 8.52. The van der Waals surface area contributed by atoms with Crippen LogP contribution in [0.2, 0.25) is 0 Å². The minimum atomic E-state index is -4.55. The van der Waals surface area contributed by atoms with Crippen molar-refractivity contribution in [3.05, 3.63) is 81.2 Å². The summed E-state index contributed by atoms with van der Waals surface area (Å²) in [5, 5.41) is 13.3. The lowest BCUT2D eigenvalue weighted by Gasteiger charge is -2.10. The molecule has 0 spiro atoms. The van der Waals surface area contributed by atoms with E-state index in [0.29, 0.717) is 27.3 Å². The lowest BCUT2D eigenvalue weighted by molar-refractivity contribution is -0.137. The molecule has 1 N–H and O–H groups in total. The summed E-state index contributed by atoms with van der Waals surface area (Å²) < 4.78 is 50.8. The number of hydrogen-bond donors (Lipinski definition) is 1. The van der Waals surface area contributed by atoms with Gasteiger partial charge in [-0.25, -0.2) is 4.99 Å². The number of fused-ring (bicyclic) bond motifs is 2. The zero-order valence-corrected chi connectivity index (χ0v) is 20.4. The molecule has 0 fully saturated rings. The summed E-state index contributed by atoms with van der Waals surface area (Å²) in [7, 11) is 1.51. The lowest BCUT2D eigenvalue weighted by Crippen LogP contribution is -2.22. The molecule has 0 aliphatic heterocycles. The number of nitrogens with one attached hydrogen (secondary N) is 1. The number of benzene rings is 2. The number of alkyl halides is 3. The molecule has 0 saturated heterocycles. The summed E-state index contributed by atoms with van der Waals surface area (Å²) in [5.41, 5.74) is 0.930. The highest BCUT2D eigenvalue weighted by molar-refractivity contribution is 7.16. The Morgan fingerprint density at radius 1 is 1.16 bits per heavy atom. The number of carbonyl (C=O) groups excluding carboxylic acids is 1. The van der Waals surface area contributed by atoms with Crippen molar-refractivity contribution in [3.8, 4) is 11.8 Å². The number of rotatable bonds is 4. The number of anilines is 1. The zero-order valence-electron chi connectivity index (χ0n) is 19.6. The molecule has 5 rings (SSSR count). The van der Waals surface area contributed by atoms with E-state index >= 15 is 0 Å². The van der Waals surface area contributed by atoms with Crippen LogP contribution in [0.15, 0.2) is 57.9 Å². The first kappa shape index (κ1) is 24.6. The van der Waals surface area contributed by atoms with Gasteiger partial charge in [-0.3, -0.25) is 4.79 Å². The predicted octanol–water partition coefficient (Wildman–Crippen LogP) is 6.76. The molecule has 37 heavy (non-hydrogen) atoms. The standard InChI is InChI=1S/C27H20F3N3O3S/c1-35-18-9-10-22-15(11-18)12-20(24(34)32-17-6-4-5-16(13-17)27(28,29)30)25(36-22)33-26-21(14-31)19-7-2-3-8-23(19)37-26/h4-6,9-13H,2-3,7-8H2,1H3,(H,32,34). The van der Waals surface area contributed by atoms with Gasteiger partial charge in [0.1, 0.15) is 28.0 Å². The van der Waals surface area contributed by atoms with Gasteiger partial charge in [0.25, 0.3) is 5.91 Å². The Bertz CT molecular complexity index is 1630. The smallest absolute Gasteiger partial charge is 0.416 e. The first-order valence-electron chi connectivity index (χ1n) is 11.5. The van der Waals surface area contributed by atoms with E-state index in [9.17, 15) is 23.2 Å². The second kappa shape index (κ2) is 9.75. The maximum atomic E-state index is 13.3. The van der Waals surface area contributed by atoms with Crippen molar-refractivity contribution >= 4 is 38.9 Å². The van der Waals surface area contributed by atoms with Crippen LogP contribution in [0.3, 0.4) is 0 Å². The summed E-state index contributed by atoms with van der Waals surface area (Å²) in [6.45, 7) is 0. The fourth-order valence-corrected chi connectivity index (χ4v) is 5.50. The molecule has 1 amide bonds. The number of aryl methyl sites for hydroxylation is 1. The summed E-state index contributed by atoms with van der Waals surface area (Å²) in [6, 6.07) is 13.2. The Labute approximate surface area is 213 Å². The number of halogens is 3. The molecule has 2 heterocycles. The molecule has 1 aliphatic carbocycles. The Morgan fingerprint density at radius 3 is 2.73 bits per heavy atom. The number of thiophene rings is 1. The average Bonchev–Trinajstić information content (AvgIpc) is 3.24. The third-order valence-electron chi connectivity index (χ3n) is 6.11. The summed E-state index contributed by atoms with van der Waals surface area (Å²) >= 11 is 1.40. The van der Waals surface area contributed by atoms with Gasteiger partial charge in [-0.15, -0.1) is 11.3 Å². The molecular formula is C27H20F3N3O3S. The van der Waals surface area contributed by atoms with Gasteiger partial charge >= 0.3 is 6.18 Å². The summed E-state index contributed by atoms with van der Waals surface area (Å²) in [5.74, 6) is -0.166. The lowest BCUT2D eigenvalue weighted by atomic mass is 9.96. The quantitative estimate of drug-likeness (QED) is 0.320. The van der Waals surface area contributed by atoms with Crippen LogP contribution in [0.1, 0.15) is 44.8 Å². The molecule has 10 heteroatoms. The van der Waals surface area contributed by atoms with E-state index in [1.807, 2.05) is 0 Å². The van der Waals surface area contributed by atoms with Crippen molar-refractivity contribution in [2.45, 2.75) is 31.9 Å². The van der Waals surface area contributed by atoms with Crippen molar-refractivity contribution in [2.24, 2.45) is 4.99 Å². The monoisotopic (exact) mass is 523 g/mol. The van der Waals surface area contributed by atoms with Gasteiger partial charge in [0.05, 0.1) is 18.2 Å². The molecule has 0 unspecified atom stereocenters. The van der Waals surface area contributed by atoms with E-state index in [1.54, 1.807) is 24.3 Å². The van der Waals surface area contributed by atoms with Gasteiger partial charge in [-0.05, 0) is 73.7 Å². The highest BCUT2D eigenvalue weighted by Crippen LogP contribution is 2.39. The van der Waals surface area contributed by atoms with Gasteiger partial charge in [-0.2, -0.15) is 18.4 Å². The molecule has 2 aromatic carbocycles. The van der Waals surface area contributed by atoms with Gasteiger partial charge in [0.2, 0.25) is 5.55 Å². The third kappa shape index (κ3) is 4.95. The van der Waals surface area contributed by atoms with E-state index in [4.69, 9.17) is 9.15 Å². The topological polar surface area (TPSA) is 87.6 Å². The minimum Gasteiger partial charge on any atom is -0.497 e. The number of hydrogen-bond acceptors (Lipinski definition) is 6. The zero-order chi connectivity index (χ0) is 26.2. The molecule has 0 radical (unpaired) electrons. The predicted molar refractivity (Wildman–Crippen MR) is 133 cm³/mol. The SMILES string of the molecule is COc1ccc2oc(=Nc3sc4c(c3C#N)CCCC4)c(C(=O)Nc3cccc(C(F)(F)F)c3)cc2c1. The summed E-state index contributed by atoms with van der Waals surface area (Å²) in [6.07, 6.45) is -0.874. The average molecular weight is 524 g/mol. The van der Waals surface area contributed by atoms with E-state index < -0.39 is 17.6 Å². The second-order valence-corrected chi connectivity index (χ2v) is 9.60. The van der Waals surface area contributed by atoms with Crippen LogP contribution in [0.25, 0.3) is 11.0 Å². The van der Waals surface area contributed by atoms with Crippen molar-refractivity contribution in [1.82, 2.24) is 0 Å². The highest BCUT2D eigenvalue weighted by Gasteiger charge is 2.30. The van der Waals surface area contributed by atoms with Crippen molar-refractivity contribution in [1.29, 1.82) is 5.26 Å². The fraction of sp³-hybridized carbons (Fsp3) is 0.222. The number of nitrogens with zero attached hydrogens (tertiary/aromatic N) is 2. The van der Waals surface area contributed by atoms with Crippen LogP contribution < -0.4 is 15.6 Å². The molecule has 6 nitrogen and oxygen atoms in total. The summed E-state index contributed by atoms with van der Waals surface area (Å²) in [4.78, 5) is 19.0. The van der Waals surface area contributed by atoms with Gasteiger partial charge < -0.3 is 14.5 Å². The highest BCUT2D eigenvalue weighted by atomic mass is 32.1. The van der Waals surface area contributed by atoms with E-state index in [-0.39, 0.29) is 16.8 Å². The fourth-order valence-electron chi connectivity index (χ4n) is 4.29. The Balaban J connectivity index is 1.65. The van der Waals surface area contributed by atoms with E-state index in [2.05, 4.69) is 16.4 Å². The van der Waals surface area contributed by atoms with Crippen molar-refractivity contribution < 1.29 is 27.1 Å². The van der Waals surface area contributed by atoms with Crippen LogP contribution in [-0.4, -0.2) is 13.0 Å². The molecule has 1 aliphatic rings. The van der Waals surface area contributed by atoms with Crippen LogP contribution in [0.4, 0.5) is 23.9 Å². The molecule has 0 atom stereocenters. The van der Waals surface area contributed by atoms with Gasteiger partial charge in [-0.1, -0.05) is 6.07 Å². The first-order valence-corrected chi connectivity index (χ1v) is 12.3. The maximum Gasteiger partial charge on any atom is 0.416 e. The van der Waals surface area contributed by atoms with Crippen LogP contribution in [0.5, 0.6) is 5.75 Å². The number of carbonyl (C=O) groups is 1. The third-order valence-corrected chi connectivity index (χ3v) is 7.30. The molecule has 188 valence electrons. The number of ether oxygens (including phenoxy) is 1.